The molecule has 0 spiro atoms. The Labute approximate surface area is 196 Å². The SMILES string of the molecule is COc1ccc(/C(C)=N/NC2=[N+](Cc3ccccc3Cl)C3C(=O)N(C)C(=O)N(C)C3=N2)cc1. The monoisotopic (exact) mass is 467 g/mol. The highest BCUT2D eigenvalue weighted by Crippen LogP contribution is 2.23. The van der Waals surface area contributed by atoms with Crippen molar-refractivity contribution in [3.63, 3.8) is 0 Å². The molecule has 10 heteroatoms. The van der Waals surface area contributed by atoms with E-state index in [1.807, 2.05) is 49.4 Å². The quantitative estimate of drug-likeness (QED) is 0.415. The van der Waals surface area contributed by atoms with Crippen LogP contribution in [0.5, 0.6) is 5.75 Å². The Morgan fingerprint density at radius 1 is 1.15 bits per heavy atom. The summed E-state index contributed by atoms with van der Waals surface area (Å²) in [5, 5.41) is 5.04. The zero-order chi connectivity index (χ0) is 23.7. The van der Waals surface area contributed by atoms with Crippen LogP contribution >= 0.6 is 11.6 Å². The lowest BCUT2D eigenvalue weighted by molar-refractivity contribution is -0.553. The van der Waals surface area contributed by atoms with E-state index in [4.69, 9.17) is 16.3 Å². The summed E-state index contributed by atoms with van der Waals surface area (Å²) in [5.74, 6) is 1.08. The number of ether oxygens (including phenoxy) is 1. The van der Waals surface area contributed by atoms with Gasteiger partial charge in [0.25, 0.3) is 5.91 Å². The molecular weight excluding hydrogens is 444 g/mol. The van der Waals surface area contributed by atoms with E-state index in [0.717, 1.165) is 21.8 Å². The molecule has 2 aliphatic heterocycles. The number of hydrazone groups is 1. The predicted molar refractivity (Wildman–Crippen MR) is 126 cm³/mol. The third kappa shape index (κ3) is 4.19. The molecule has 1 fully saturated rings. The van der Waals surface area contributed by atoms with Crippen LogP contribution in [-0.4, -0.2) is 71.1 Å². The van der Waals surface area contributed by atoms with Gasteiger partial charge >= 0.3 is 12.0 Å². The van der Waals surface area contributed by atoms with Crippen LogP contribution in [-0.2, 0) is 11.3 Å². The molecule has 2 heterocycles. The van der Waals surface area contributed by atoms with Crippen LogP contribution in [0.15, 0.2) is 58.6 Å². The van der Waals surface area contributed by atoms with Gasteiger partial charge in [-0.25, -0.2) is 9.37 Å². The van der Waals surface area contributed by atoms with Gasteiger partial charge < -0.3 is 4.74 Å². The number of halogens is 1. The van der Waals surface area contributed by atoms with Crippen molar-refractivity contribution in [3.05, 3.63) is 64.7 Å². The molecule has 0 aliphatic carbocycles. The van der Waals surface area contributed by atoms with Crippen LogP contribution in [0.4, 0.5) is 4.79 Å². The third-order valence-electron chi connectivity index (χ3n) is 5.66. The highest BCUT2D eigenvalue weighted by atomic mass is 35.5. The van der Waals surface area contributed by atoms with Crippen LogP contribution < -0.4 is 10.2 Å². The molecule has 0 saturated carbocycles. The Bertz CT molecular complexity index is 1200. The zero-order valence-electron chi connectivity index (χ0n) is 18.7. The summed E-state index contributed by atoms with van der Waals surface area (Å²) in [4.78, 5) is 32.5. The largest absolute Gasteiger partial charge is 0.497 e. The maximum absolute atomic E-state index is 13.0. The van der Waals surface area contributed by atoms with Crippen molar-refractivity contribution < 1.29 is 18.9 Å². The summed E-state index contributed by atoms with van der Waals surface area (Å²) in [7, 11) is 4.67. The standard InChI is InChI=1S/C23H23ClN6O3/c1-14(15-9-11-17(33-4)12-10-15)26-27-22-25-20-19(21(31)29(3)23(32)28(20)2)30(22)13-16-7-5-6-8-18(16)24/h5-12,19H,13H2,1-4H3/p+1/b26-14+. The van der Waals surface area contributed by atoms with E-state index >= 15 is 0 Å². The predicted octanol–water partition coefficient (Wildman–Crippen LogP) is 2.54. The first-order valence-electron chi connectivity index (χ1n) is 10.3. The van der Waals surface area contributed by atoms with Crippen molar-refractivity contribution in [1.82, 2.24) is 15.2 Å². The van der Waals surface area contributed by atoms with Gasteiger partial charge in [0, 0.05) is 24.7 Å². The molecule has 2 aromatic carbocycles. The molecule has 170 valence electrons. The highest BCUT2D eigenvalue weighted by molar-refractivity contribution is 6.31. The van der Waals surface area contributed by atoms with E-state index in [1.165, 1.54) is 11.9 Å². The van der Waals surface area contributed by atoms with Crippen molar-refractivity contribution in [2.75, 3.05) is 21.2 Å². The number of fused-ring (bicyclic) bond motifs is 1. The second-order valence-corrected chi connectivity index (χ2v) is 8.10. The highest BCUT2D eigenvalue weighted by Gasteiger charge is 2.51. The van der Waals surface area contributed by atoms with Crippen molar-refractivity contribution in [2.45, 2.75) is 19.5 Å². The van der Waals surface area contributed by atoms with Crippen LogP contribution in [0.3, 0.4) is 0 Å². The van der Waals surface area contributed by atoms with E-state index in [-0.39, 0.29) is 5.91 Å². The van der Waals surface area contributed by atoms with E-state index < -0.39 is 12.1 Å². The second-order valence-electron chi connectivity index (χ2n) is 7.69. The molecule has 0 aromatic heterocycles. The molecular formula is C23H24ClN6O3+. The lowest BCUT2D eigenvalue weighted by Gasteiger charge is -2.31. The number of carbonyl (C=O) groups excluding carboxylic acids is 2. The van der Waals surface area contributed by atoms with Gasteiger partial charge in [0.1, 0.15) is 5.75 Å². The maximum Gasteiger partial charge on any atom is 0.414 e. The molecule has 2 aliphatic rings. The number of likely N-dealkylation sites (N-methyl/N-ethyl adjacent to an activating group) is 2. The van der Waals surface area contributed by atoms with Gasteiger partial charge in [-0.05, 0) is 42.8 Å². The first-order valence-corrected chi connectivity index (χ1v) is 10.6. The lowest BCUT2D eigenvalue weighted by atomic mass is 10.1. The Balaban J connectivity index is 1.71. The number of guanidine groups is 1. The number of hydrogen-bond donors (Lipinski definition) is 1. The van der Waals surface area contributed by atoms with E-state index in [2.05, 4.69) is 15.5 Å². The molecule has 1 unspecified atom stereocenters. The Hall–Kier alpha value is -3.72. The van der Waals surface area contributed by atoms with Gasteiger partial charge in [0.15, 0.2) is 0 Å². The van der Waals surface area contributed by atoms with Gasteiger partial charge in [-0.15, -0.1) is 5.10 Å². The third-order valence-corrected chi connectivity index (χ3v) is 6.03. The number of carbonyl (C=O) groups is 2. The maximum atomic E-state index is 13.0. The molecule has 1 atom stereocenters. The fourth-order valence-electron chi connectivity index (χ4n) is 3.69. The summed E-state index contributed by atoms with van der Waals surface area (Å²) in [6.07, 6.45) is 0. The molecule has 4 rings (SSSR count). The number of benzene rings is 2. The average molecular weight is 468 g/mol. The van der Waals surface area contributed by atoms with Crippen molar-refractivity contribution in [1.29, 1.82) is 0 Å². The number of aliphatic imine (C=N–C) groups is 1. The number of nitrogens with zero attached hydrogens (tertiary/aromatic N) is 5. The minimum atomic E-state index is -0.770. The van der Waals surface area contributed by atoms with E-state index in [0.29, 0.717) is 29.1 Å². The summed E-state index contributed by atoms with van der Waals surface area (Å²) in [6, 6.07) is 13.7. The van der Waals surface area contributed by atoms with Crippen LogP contribution in [0.1, 0.15) is 18.1 Å². The first kappa shape index (κ1) is 22.5. The van der Waals surface area contributed by atoms with Crippen LogP contribution in [0.2, 0.25) is 5.02 Å². The van der Waals surface area contributed by atoms with Gasteiger partial charge in [-0.1, -0.05) is 34.8 Å². The second kappa shape index (κ2) is 9.03. The molecule has 3 amide bonds. The van der Waals surface area contributed by atoms with Crippen molar-refractivity contribution >= 4 is 41.0 Å². The molecule has 33 heavy (non-hydrogen) atoms. The van der Waals surface area contributed by atoms with Gasteiger partial charge in [0.05, 0.1) is 19.4 Å². The summed E-state index contributed by atoms with van der Waals surface area (Å²) in [6.45, 7) is 2.16. The number of imide groups is 1. The number of amides is 3. The Morgan fingerprint density at radius 2 is 1.85 bits per heavy atom. The summed E-state index contributed by atoms with van der Waals surface area (Å²) < 4.78 is 6.97. The summed E-state index contributed by atoms with van der Waals surface area (Å²) in [5.41, 5.74) is 5.42. The fraction of sp³-hybridized carbons (Fsp3) is 0.261. The van der Waals surface area contributed by atoms with Gasteiger partial charge in [-0.3, -0.25) is 14.6 Å². The Morgan fingerprint density at radius 3 is 2.52 bits per heavy atom. The molecule has 9 nitrogen and oxygen atoms in total. The smallest absolute Gasteiger partial charge is 0.414 e. The molecule has 1 N–H and O–H groups in total. The fourth-order valence-corrected chi connectivity index (χ4v) is 3.89. The summed E-state index contributed by atoms with van der Waals surface area (Å²) >= 11 is 6.38. The first-order chi connectivity index (χ1) is 15.8. The number of amidine groups is 1. The van der Waals surface area contributed by atoms with Crippen molar-refractivity contribution in [3.8, 4) is 5.75 Å². The van der Waals surface area contributed by atoms with Crippen molar-refractivity contribution in [2.24, 2.45) is 10.1 Å². The molecule has 1 saturated heterocycles. The minimum Gasteiger partial charge on any atom is -0.497 e. The number of urea groups is 1. The topological polar surface area (TPSA) is 89.6 Å². The molecule has 0 radical (unpaired) electrons. The lowest BCUT2D eigenvalue weighted by Crippen LogP contribution is -2.61. The average Bonchev–Trinajstić information content (AvgIpc) is 3.19. The molecule has 0 bridgehead atoms. The van der Waals surface area contributed by atoms with E-state index in [1.54, 1.807) is 24.8 Å². The zero-order valence-corrected chi connectivity index (χ0v) is 19.5. The number of hydrogen-bond acceptors (Lipinski definition) is 6. The Kier molecular flexibility index (Phi) is 6.15. The van der Waals surface area contributed by atoms with E-state index in [9.17, 15) is 9.59 Å². The van der Waals surface area contributed by atoms with Gasteiger partial charge in [0.2, 0.25) is 11.9 Å². The van der Waals surface area contributed by atoms with Crippen LogP contribution in [0.25, 0.3) is 0 Å². The van der Waals surface area contributed by atoms with Crippen LogP contribution in [0, 0.1) is 0 Å². The van der Waals surface area contributed by atoms with Gasteiger partial charge in [-0.2, -0.15) is 5.43 Å². The number of nitrogens with one attached hydrogen (secondary N) is 1. The number of rotatable bonds is 5. The molecule has 2 aromatic rings. The normalized spacial score (nSPS) is 18.5. The number of methoxy groups -OCH3 is 1. The minimum absolute atomic E-state index is 0.304.